The van der Waals surface area contributed by atoms with Crippen molar-refractivity contribution in [1.82, 2.24) is 14.7 Å². The minimum Gasteiger partial charge on any atom is -0.330 e. The number of carbonyl (C=O) groups excluding carboxylic acids is 3. The molecule has 0 saturated carbocycles. The van der Waals surface area contributed by atoms with Gasteiger partial charge < -0.3 is 15.5 Å². The lowest BCUT2D eigenvalue weighted by atomic mass is 10.2. The zero-order valence-electron chi connectivity index (χ0n) is 14.2. The van der Waals surface area contributed by atoms with Crippen molar-refractivity contribution in [2.75, 3.05) is 51.8 Å². The van der Waals surface area contributed by atoms with Crippen molar-refractivity contribution < 1.29 is 22.8 Å². The first-order valence-corrected chi connectivity index (χ1v) is 9.66. The molecule has 1 saturated heterocycles. The van der Waals surface area contributed by atoms with Gasteiger partial charge in [-0.25, -0.2) is 8.42 Å². The Morgan fingerprint density at radius 3 is 2.29 bits per heavy atom. The Hall–Kier alpha value is -1.52. The molecule has 0 aliphatic carbocycles. The van der Waals surface area contributed by atoms with E-state index in [1.807, 2.05) is 19.0 Å². The van der Waals surface area contributed by atoms with E-state index in [0.29, 0.717) is 25.8 Å². The van der Waals surface area contributed by atoms with Crippen LogP contribution in [-0.4, -0.2) is 99.2 Å². The lowest BCUT2D eigenvalue weighted by molar-refractivity contribution is -0.155. The number of rotatable bonds is 8. The molecule has 138 valence electrons. The van der Waals surface area contributed by atoms with E-state index < -0.39 is 27.7 Å². The number of amides is 3. The van der Waals surface area contributed by atoms with Gasteiger partial charge in [0.1, 0.15) is 0 Å². The summed E-state index contributed by atoms with van der Waals surface area (Å²) in [4.78, 5) is 39.8. The van der Waals surface area contributed by atoms with Crippen LogP contribution in [0.25, 0.3) is 0 Å². The Balaban J connectivity index is 2.89. The molecule has 0 bridgehead atoms. The highest BCUT2D eigenvalue weighted by Gasteiger charge is 2.37. The van der Waals surface area contributed by atoms with E-state index in [1.165, 1.54) is 4.90 Å². The fourth-order valence-electron chi connectivity index (χ4n) is 2.49. The number of nitrogens with zero attached hydrogens (tertiary/aromatic N) is 3. The van der Waals surface area contributed by atoms with Crippen LogP contribution in [0.3, 0.4) is 0 Å². The smallest absolute Gasteiger partial charge is 0.318 e. The van der Waals surface area contributed by atoms with Gasteiger partial charge in [-0.15, -0.1) is 0 Å². The number of imide groups is 1. The lowest BCUT2D eigenvalue weighted by Gasteiger charge is -2.30. The van der Waals surface area contributed by atoms with Gasteiger partial charge in [0.25, 0.3) is 0 Å². The van der Waals surface area contributed by atoms with Gasteiger partial charge in [0.05, 0.1) is 11.5 Å². The summed E-state index contributed by atoms with van der Waals surface area (Å²) in [6, 6.07) is -0.533. The third kappa shape index (κ3) is 5.84. The molecule has 3 amide bonds. The second kappa shape index (κ2) is 9.09. The number of nitrogens with two attached hydrogens (primary N) is 1. The van der Waals surface area contributed by atoms with E-state index in [1.54, 1.807) is 0 Å². The van der Waals surface area contributed by atoms with Gasteiger partial charge >= 0.3 is 11.8 Å². The van der Waals surface area contributed by atoms with Crippen molar-refractivity contribution in [3.63, 3.8) is 0 Å². The van der Waals surface area contributed by atoms with Gasteiger partial charge in [-0.05, 0) is 33.5 Å². The molecule has 0 aromatic rings. The monoisotopic (exact) mass is 362 g/mol. The summed E-state index contributed by atoms with van der Waals surface area (Å²) in [6.07, 6.45) is 1.01. The van der Waals surface area contributed by atoms with E-state index in [2.05, 4.69) is 0 Å². The topological polar surface area (TPSA) is 121 Å². The van der Waals surface area contributed by atoms with Crippen molar-refractivity contribution in [2.24, 2.45) is 5.73 Å². The maximum absolute atomic E-state index is 12.5. The van der Waals surface area contributed by atoms with E-state index in [0.717, 1.165) is 4.90 Å². The largest absolute Gasteiger partial charge is 0.330 e. The second-order valence-electron chi connectivity index (χ2n) is 6.10. The molecule has 24 heavy (non-hydrogen) atoms. The van der Waals surface area contributed by atoms with Crippen LogP contribution in [0.2, 0.25) is 0 Å². The van der Waals surface area contributed by atoms with Gasteiger partial charge in [-0.3, -0.25) is 19.3 Å². The van der Waals surface area contributed by atoms with E-state index in [4.69, 9.17) is 5.73 Å². The number of hydrogen-bond acceptors (Lipinski definition) is 7. The summed E-state index contributed by atoms with van der Waals surface area (Å²) < 4.78 is 23.4. The van der Waals surface area contributed by atoms with Crippen LogP contribution in [0.1, 0.15) is 12.8 Å². The molecule has 2 N–H and O–H groups in total. The number of likely N-dealkylation sites (N-methyl/N-ethyl adjacent to an activating group) is 1. The third-order valence-electron chi connectivity index (χ3n) is 3.87. The predicted octanol–water partition coefficient (Wildman–Crippen LogP) is -2.10. The summed E-state index contributed by atoms with van der Waals surface area (Å²) in [5, 5.41) is 0. The molecule has 0 spiro atoms. The van der Waals surface area contributed by atoms with Crippen LogP contribution in [0.5, 0.6) is 0 Å². The average Bonchev–Trinajstić information content (AvgIpc) is 2.87. The molecule has 0 radical (unpaired) electrons. The average molecular weight is 362 g/mol. The van der Waals surface area contributed by atoms with E-state index in [-0.39, 0.29) is 31.1 Å². The Morgan fingerprint density at radius 2 is 1.83 bits per heavy atom. The highest BCUT2D eigenvalue weighted by atomic mass is 32.2. The first-order chi connectivity index (χ1) is 11.2. The minimum atomic E-state index is -3.20. The fraction of sp³-hybridized carbons (Fsp3) is 0.786. The van der Waals surface area contributed by atoms with Crippen LogP contribution in [0.15, 0.2) is 0 Å². The first-order valence-electron chi connectivity index (χ1n) is 7.84. The molecular formula is C14H26N4O5S. The summed E-state index contributed by atoms with van der Waals surface area (Å²) in [5.41, 5.74) is 5.36. The molecule has 1 atom stereocenters. The normalized spacial score (nSPS) is 19.2. The summed E-state index contributed by atoms with van der Waals surface area (Å²) in [5.74, 6) is -1.93. The molecule has 10 heteroatoms. The molecule has 1 unspecified atom stereocenters. The van der Waals surface area contributed by atoms with E-state index >= 15 is 0 Å². The molecular weight excluding hydrogens is 336 g/mol. The van der Waals surface area contributed by atoms with Crippen LogP contribution in [0, 0.1) is 0 Å². The van der Waals surface area contributed by atoms with Gasteiger partial charge in [-0.1, -0.05) is 0 Å². The SMILES string of the molecule is CN(C)CCN(C(=O)C(=O)N(C=O)CCCN)C1CCS(=O)(=O)C1. The van der Waals surface area contributed by atoms with Crippen molar-refractivity contribution in [1.29, 1.82) is 0 Å². The van der Waals surface area contributed by atoms with Crippen molar-refractivity contribution in [2.45, 2.75) is 18.9 Å². The lowest BCUT2D eigenvalue weighted by Crippen LogP contribution is -2.51. The Morgan fingerprint density at radius 1 is 1.17 bits per heavy atom. The third-order valence-corrected chi connectivity index (χ3v) is 5.62. The first kappa shape index (κ1) is 20.5. The molecule has 1 heterocycles. The molecule has 1 aliphatic rings. The number of hydrogen-bond donors (Lipinski definition) is 1. The van der Waals surface area contributed by atoms with Crippen molar-refractivity contribution in [3.05, 3.63) is 0 Å². The number of carbonyl (C=O) groups is 3. The summed E-state index contributed by atoms with van der Waals surface area (Å²) in [7, 11) is 0.432. The highest BCUT2D eigenvalue weighted by Crippen LogP contribution is 2.18. The van der Waals surface area contributed by atoms with Gasteiger partial charge in [0, 0.05) is 25.7 Å². The molecule has 1 rings (SSSR count). The molecule has 1 aliphatic heterocycles. The Kier molecular flexibility index (Phi) is 7.77. The Bertz CT molecular complexity index is 564. The maximum atomic E-state index is 12.5. The Labute approximate surface area is 142 Å². The summed E-state index contributed by atoms with van der Waals surface area (Å²) in [6.45, 7) is 1.06. The second-order valence-corrected chi connectivity index (χ2v) is 8.33. The molecule has 1 fully saturated rings. The zero-order valence-corrected chi connectivity index (χ0v) is 15.0. The minimum absolute atomic E-state index is 0.00215. The summed E-state index contributed by atoms with van der Waals surface area (Å²) >= 11 is 0. The van der Waals surface area contributed by atoms with Gasteiger partial charge in [-0.2, -0.15) is 0 Å². The van der Waals surface area contributed by atoms with Crippen LogP contribution < -0.4 is 5.73 Å². The molecule has 9 nitrogen and oxygen atoms in total. The van der Waals surface area contributed by atoms with Gasteiger partial charge in [0.2, 0.25) is 6.41 Å². The van der Waals surface area contributed by atoms with Crippen molar-refractivity contribution in [3.8, 4) is 0 Å². The van der Waals surface area contributed by atoms with Gasteiger partial charge in [0.15, 0.2) is 9.84 Å². The van der Waals surface area contributed by atoms with Crippen LogP contribution in [-0.2, 0) is 24.2 Å². The quantitative estimate of drug-likeness (QED) is 0.388. The van der Waals surface area contributed by atoms with E-state index in [9.17, 15) is 22.8 Å². The van der Waals surface area contributed by atoms with Crippen LogP contribution in [0.4, 0.5) is 0 Å². The zero-order chi connectivity index (χ0) is 18.3. The highest BCUT2D eigenvalue weighted by molar-refractivity contribution is 7.91. The number of sulfone groups is 1. The fourth-order valence-corrected chi connectivity index (χ4v) is 4.22. The molecule has 0 aromatic heterocycles. The van der Waals surface area contributed by atoms with Crippen molar-refractivity contribution >= 4 is 28.1 Å². The van der Waals surface area contributed by atoms with Crippen LogP contribution >= 0.6 is 0 Å². The predicted molar refractivity (Wildman–Crippen MR) is 88.8 cm³/mol. The maximum Gasteiger partial charge on any atom is 0.318 e. The molecule has 0 aromatic carbocycles. The standard InChI is InChI=1S/C14H26N4O5S/c1-16(2)7-8-18(12-4-9-24(22,23)10-12)14(21)13(20)17(11-19)6-3-5-15/h11-12H,3-10,15H2,1-2H3.